The lowest BCUT2D eigenvalue weighted by Crippen LogP contribution is -2.30. The van der Waals surface area contributed by atoms with Gasteiger partial charge in [-0.1, -0.05) is 0 Å². The third-order valence-corrected chi connectivity index (χ3v) is 5.67. The van der Waals surface area contributed by atoms with E-state index < -0.39 is 21.3 Å². The van der Waals surface area contributed by atoms with Gasteiger partial charge in [-0.05, 0) is 37.9 Å². The van der Waals surface area contributed by atoms with Crippen LogP contribution in [-0.2, 0) is 17.1 Å². The highest BCUT2D eigenvalue weighted by Crippen LogP contribution is 2.14. The molecule has 0 amide bonds. The van der Waals surface area contributed by atoms with Gasteiger partial charge in [-0.2, -0.15) is 0 Å². The molecule has 1 saturated heterocycles. The third-order valence-electron chi connectivity index (χ3n) is 4.25. The van der Waals surface area contributed by atoms with E-state index in [1.165, 1.54) is 13.1 Å². The highest BCUT2D eigenvalue weighted by Gasteiger charge is 2.19. The maximum absolute atomic E-state index is 12.4. The molecule has 1 aliphatic rings. The number of sulfonamides is 1. The molecular formula is C14H19N5O4S. The number of nitrogens with zero attached hydrogens (tertiary/aromatic N) is 2. The van der Waals surface area contributed by atoms with Crippen molar-refractivity contribution in [1.82, 2.24) is 24.6 Å². The van der Waals surface area contributed by atoms with Crippen LogP contribution in [-0.4, -0.2) is 42.6 Å². The standard InChI is InChI=1S/C14H19N5O4S/c1-19-12-11(13(20)18-14(19)21)6-10(8-16-12)24(22,23)17-5-3-9-2-4-15-7-9/h6,8-9,15,17H,2-5,7H2,1H3,(H,18,20,21). The number of H-pyrrole nitrogens is 1. The molecule has 0 saturated carbocycles. The predicted octanol–water partition coefficient (Wildman–Crippen LogP) is -1.10. The summed E-state index contributed by atoms with van der Waals surface area (Å²) in [5, 5.41) is 3.29. The van der Waals surface area contributed by atoms with Crippen LogP contribution in [0.1, 0.15) is 12.8 Å². The smallest absolute Gasteiger partial charge is 0.316 e. The summed E-state index contributed by atoms with van der Waals surface area (Å²) in [5.74, 6) is 0.472. The zero-order chi connectivity index (χ0) is 17.3. The maximum atomic E-state index is 12.4. The van der Waals surface area contributed by atoms with Crippen LogP contribution in [0.4, 0.5) is 0 Å². The van der Waals surface area contributed by atoms with Crippen molar-refractivity contribution in [2.24, 2.45) is 13.0 Å². The topological polar surface area (TPSA) is 126 Å². The molecule has 130 valence electrons. The fourth-order valence-corrected chi connectivity index (χ4v) is 3.82. The normalized spacial score (nSPS) is 18.3. The minimum Gasteiger partial charge on any atom is -0.316 e. The molecule has 9 nitrogen and oxygen atoms in total. The van der Waals surface area contributed by atoms with E-state index in [4.69, 9.17) is 0 Å². The van der Waals surface area contributed by atoms with Crippen LogP contribution in [0.2, 0.25) is 0 Å². The highest BCUT2D eigenvalue weighted by atomic mass is 32.2. The Labute approximate surface area is 138 Å². The van der Waals surface area contributed by atoms with Crippen molar-refractivity contribution < 1.29 is 8.42 Å². The Morgan fingerprint density at radius 2 is 2.21 bits per heavy atom. The molecule has 0 bridgehead atoms. The van der Waals surface area contributed by atoms with Gasteiger partial charge in [0, 0.05) is 19.8 Å². The highest BCUT2D eigenvalue weighted by molar-refractivity contribution is 7.89. The molecular weight excluding hydrogens is 334 g/mol. The van der Waals surface area contributed by atoms with Crippen LogP contribution >= 0.6 is 0 Å². The Bertz CT molecular complexity index is 973. The number of hydrogen-bond donors (Lipinski definition) is 3. The average Bonchev–Trinajstić information content (AvgIpc) is 3.05. The Kier molecular flexibility index (Phi) is 4.52. The minimum atomic E-state index is -3.76. The molecule has 0 spiro atoms. The second-order valence-electron chi connectivity index (χ2n) is 5.91. The lowest BCUT2D eigenvalue weighted by Gasteiger charge is -2.10. The Balaban J connectivity index is 1.85. The number of rotatable bonds is 5. The van der Waals surface area contributed by atoms with Gasteiger partial charge in [-0.15, -0.1) is 0 Å². The largest absolute Gasteiger partial charge is 0.329 e. The fraction of sp³-hybridized carbons (Fsp3) is 0.500. The van der Waals surface area contributed by atoms with Crippen molar-refractivity contribution in [2.45, 2.75) is 17.7 Å². The second-order valence-corrected chi connectivity index (χ2v) is 7.67. The fourth-order valence-electron chi connectivity index (χ4n) is 2.81. The van der Waals surface area contributed by atoms with Gasteiger partial charge in [0.2, 0.25) is 10.0 Å². The maximum Gasteiger partial charge on any atom is 0.329 e. The van der Waals surface area contributed by atoms with Crippen LogP contribution in [0.25, 0.3) is 11.0 Å². The number of fused-ring (bicyclic) bond motifs is 1. The minimum absolute atomic E-state index is 0.0555. The predicted molar refractivity (Wildman–Crippen MR) is 88.4 cm³/mol. The third kappa shape index (κ3) is 3.25. The van der Waals surface area contributed by atoms with E-state index in [0.29, 0.717) is 12.5 Å². The lowest BCUT2D eigenvalue weighted by atomic mass is 10.1. The molecule has 3 heterocycles. The van der Waals surface area contributed by atoms with Crippen molar-refractivity contribution in [3.8, 4) is 0 Å². The monoisotopic (exact) mass is 353 g/mol. The lowest BCUT2D eigenvalue weighted by molar-refractivity contribution is 0.519. The summed E-state index contributed by atoms with van der Waals surface area (Å²) in [7, 11) is -2.30. The van der Waals surface area contributed by atoms with Gasteiger partial charge in [0.05, 0.1) is 5.39 Å². The van der Waals surface area contributed by atoms with Gasteiger partial charge in [0.1, 0.15) is 10.5 Å². The number of aromatic amines is 1. The second kappa shape index (κ2) is 6.46. The van der Waals surface area contributed by atoms with E-state index in [-0.39, 0.29) is 15.9 Å². The van der Waals surface area contributed by atoms with E-state index in [1.807, 2.05) is 0 Å². The average molecular weight is 353 g/mol. The number of aromatic nitrogens is 3. The van der Waals surface area contributed by atoms with Gasteiger partial charge in [0.15, 0.2) is 0 Å². The quantitative estimate of drug-likeness (QED) is 0.626. The van der Waals surface area contributed by atoms with Crippen LogP contribution in [0, 0.1) is 5.92 Å². The van der Waals surface area contributed by atoms with Gasteiger partial charge in [0.25, 0.3) is 5.56 Å². The molecule has 3 N–H and O–H groups in total. The van der Waals surface area contributed by atoms with Gasteiger partial charge < -0.3 is 5.32 Å². The van der Waals surface area contributed by atoms with Crippen LogP contribution < -0.4 is 21.3 Å². The number of nitrogens with one attached hydrogen (secondary N) is 3. The summed E-state index contributed by atoms with van der Waals surface area (Å²) >= 11 is 0. The van der Waals surface area contributed by atoms with Gasteiger partial charge in [-0.25, -0.2) is 22.9 Å². The molecule has 1 atom stereocenters. The molecule has 0 aromatic carbocycles. The van der Waals surface area contributed by atoms with Gasteiger partial charge >= 0.3 is 5.69 Å². The summed E-state index contributed by atoms with van der Waals surface area (Å²) in [5.41, 5.74) is -1.12. The molecule has 0 aliphatic carbocycles. The molecule has 2 aromatic heterocycles. The van der Waals surface area contributed by atoms with E-state index in [9.17, 15) is 18.0 Å². The molecule has 0 radical (unpaired) electrons. The molecule has 1 unspecified atom stereocenters. The first-order valence-corrected chi connectivity index (χ1v) is 9.16. The van der Waals surface area contributed by atoms with Crippen molar-refractivity contribution in [3.63, 3.8) is 0 Å². The zero-order valence-electron chi connectivity index (χ0n) is 13.2. The summed E-state index contributed by atoms with van der Waals surface area (Å²) in [4.78, 5) is 29.4. The molecule has 10 heteroatoms. The first-order chi connectivity index (χ1) is 11.4. The van der Waals surface area contributed by atoms with Crippen LogP contribution in [0.15, 0.2) is 26.7 Å². The number of pyridine rings is 1. The summed E-state index contributed by atoms with van der Waals surface area (Å²) in [6.07, 6.45) is 2.95. The molecule has 2 aromatic rings. The molecule has 3 rings (SSSR count). The Hall–Kier alpha value is -2.04. The van der Waals surface area contributed by atoms with Crippen molar-refractivity contribution in [3.05, 3.63) is 33.1 Å². The van der Waals surface area contributed by atoms with E-state index >= 15 is 0 Å². The van der Waals surface area contributed by atoms with Crippen molar-refractivity contribution >= 4 is 21.1 Å². The van der Waals surface area contributed by atoms with Crippen LogP contribution in [0.5, 0.6) is 0 Å². The number of aryl methyl sites for hydroxylation is 1. The van der Waals surface area contributed by atoms with E-state index in [1.54, 1.807) is 0 Å². The van der Waals surface area contributed by atoms with E-state index in [0.717, 1.165) is 36.7 Å². The Morgan fingerprint density at radius 3 is 2.92 bits per heavy atom. The van der Waals surface area contributed by atoms with E-state index in [2.05, 4.69) is 20.0 Å². The summed E-state index contributed by atoms with van der Waals surface area (Å²) in [6, 6.07) is 1.24. The first kappa shape index (κ1) is 16.8. The zero-order valence-corrected chi connectivity index (χ0v) is 14.0. The first-order valence-electron chi connectivity index (χ1n) is 7.68. The van der Waals surface area contributed by atoms with Crippen molar-refractivity contribution in [1.29, 1.82) is 0 Å². The number of hydrogen-bond acceptors (Lipinski definition) is 6. The van der Waals surface area contributed by atoms with Crippen molar-refractivity contribution in [2.75, 3.05) is 19.6 Å². The molecule has 1 fully saturated rings. The molecule has 1 aliphatic heterocycles. The summed E-state index contributed by atoms with van der Waals surface area (Å²) in [6.45, 7) is 2.20. The Morgan fingerprint density at radius 1 is 1.42 bits per heavy atom. The summed E-state index contributed by atoms with van der Waals surface area (Å²) < 4.78 is 28.4. The molecule has 24 heavy (non-hydrogen) atoms. The van der Waals surface area contributed by atoms with Gasteiger partial charge in [-0.3, -0.25) is 14.3 Å². The SMILES string of the molecule is Cn1c(=O)[nH]c(=O)c2cc(S(=O)(=O)NCCC3CCNC3)cnc21. The van der Waals surface area contributed by atoms with Crippen LogP contribution in [0.3, 0.4) is 0 Å².